The number of benzene rings is 1. The molecule has 0 aliphatic carbocycles. The molecule has 2 N–H and O–H groups in total. The lowest BCUT2D eigenvalue weighted by Crippen LogP contribution is -2.21. The van der Waals surface area contributed by atoms with E-state index in [9.17, 15) is 4.79 Å². The van der Waals surface area contributed by atoms with Crippen molar-refractivity contribution in [2.45, 2.75) is 6.54 Å². The van der Waals surface area contributed by atoms with E-state index in [2.05, 4.69) is 9.97 Å². The molecule has 1 aromatic carbocycles. The maximum atomic E-state index is 12.4. The first-order chi connectivity index (χ1) is 10.2. The van der Waals surface area contributed by atoms with Gasteiger partial charge < -0.3 is 10.5 Å². The van der Waals surface area contributed by atoms with Gasteiger partial charge >= 0.3 is 0 Å². The summed E-state index contributed by atoms with van der Waals surface area (Å²) in [5, 5.41) is 0.500. The highest BCUT2D eigenvalue weighted by Crippen LogP contribution is 2.12. The first kappa shape index (κ1) is 13.1. The summed E-state index contributed by atoms with van der Waals surface area (Å²) >= 11 is 0. The molecule has 3 rings (SSSR count). The van der Waals surface area contributed by atoms with Crippen molar-refractivity contribution in [1.29, 1.82) is 0 Å². The number of hydrogen-bond donors (Lipinski definition) is 1. The minimum absolute atomic E-state index is 0.142. The quantitative estimate of drug-likeness (QED) is 0.735. The molecule has 0 aliphatic heterocycles. The van der Waals surface area contributed by atoms with Crippen LogP contribution in [-0.4, -0.2) is 21.6 Å². The molecule has 106 valence electrons. The van der Waals surface area contributed by atoms with Gasteiger partial charge in [0.2, 0.25) is 5.88 Å². The lowest BCUT2D eigenvalue weighted by atomic mass is 10.2. The fourth-order valence-corrected chi connectivity index (χ4v) is 2.12. The van der Waals surface area contributed by atoms with E-state index < -0.39 is 0 Å². The number of nitrogen functional groups attached to an aromatic ring is 1. The van der Waals surface area contributed by atoms with Gasteiger partial charge in [0.05, 0.1) is 36.6 Å². The van der Waals surface area contributed by atoms with Gasteiger partial charge in [0, 0.05) is 11.8 Å². The largest absolute Gasteiger partial charge is 0.481 e. The molecule has 0 radical (unpaired) electrons. The second-order valence-electron chi connectivity index (χ2n) is 4.63. The van der Waals surface area contributed by atoms with Gasteiger partial charge in [-0.3, -0.25) is 9.36 Å². The number of fused-ring (bicyclic) bond motifs is 1. The number of nitrogens with zero attached hydrogens (tertiary/aromatic N) is 3. The summed E-state index contributed by atoms with van der Waals surface area (Å²) in [5.41, 5.74) is 7.48. The number of ether oxygens (including phenoxy) is 1. The van der Waals surface area contributed by atoms with E-state index in [0.29, 0.717) is 29.0 Å². The van der Waals surface area contributed by atoms with Crippen molar-refractivity contribution < 1.29 is 4.74 Å². The fourth-order valence-electron chi connectivity index (χ4n) is 2.12. The van der Waals surface area contributed by atoms with Crippen molar-refractivity contribution in [2.24, 2.45) is 0 Å². The fraction of sp³-hybridized carbons (Fsp3) is 0.133. The van der Waals surface area contributed by atoms with Gasteiger partial charge in [0.1, 0.15) is 0 Å². The normalized spacial score (nSPS) is 10.7. The first-order valence-corrected chi connectivity index (χ1v) is 6.42. The number of hydrogen-bond acceptors (Lipinski definition) is 5. The van der Waals surface area contributed by atoms with Crippen LogP contribution in [0.15, 0.2) is 47.5 Å². The summed E-state index contributed by atoms with van der Waals surface area (Å²) in [6, 6.07) is 10.5. The summed E-state index contributed by atoms with van der Waals surface area (Å²) in [6.07, 6.45) is 1.52. The average molecular weight is 282 g/mol. The van der Waals surface area contributed by atoms with E-state index in [0.717, 1.165) is 5.69 Å². The van der Waals surface area contributed by atoms with Gasteiger partial charge in [-0.2, -0.15) is 0 Å². The highest BCUT2D eigenvalue weighted by Gasteiger charge is 2.06. The highest BCUT2D eigenvalue weighted by atomic mass is 16.5. The number of nitrogens with two attached hydrogens (primary N) is 1. The smallest absolute Gasteiger partial charge is 0.261 e. The molecule has 0 bridgehead atoms. The Bertz CT molecular complexity index is 858. The minimum atomic E-state index is -0.142. The Morgan fingerprint density at radius 1 is 1.29 bits per heavy atom. The number of rotatable bonds is 3. The molecule has 2 aromatic heterocycles. The zero-order valence-corrected chi connectivity index (χ0v) is 11.5. The molecule has 0 saturated carbocycles. The van der Waals surface area contributed by atoms with E-state index in [-0.39, 0.29) is 5.56 Å². The Hall–Kier alpha value is -2.89. The van der Waals surface area contributed by atoms with E-state index in [4.69, 9.17) is 10.5 Å². The van der Waals surface area contributed by atoms with Crippen LogP contribution in [0.1, 0.15) is 5.69 Å². The summed E-state index contributed by atoms with van der Waals surface area (Å²) in [7, 11) is 1.55. The van der Waals surface area contributed by atoms with Gasteiger partial charge in [0.15, 0.2) is 0 Å². The highest BCUT2D eigenvalue weighted by molar-refractivity contribution is 5.80. The maximum Gasteiger partial charge on any atom is 0.261 e. The third-order valence-electron chi connectivity index (χ3n) is 3.17. The number of methoxy groups -OCH3 is 1. The summed E-state index contributed by atoms with van der Waals surface area (Å²) in [4.78, 5) is 21.0. The Labute approximate surface area is 120 Å². The standard InChI is InChI=1S/C15H14N4O2/c1-21-14-4-2-3-11(18-14)8-19-9-17-13-6-5-10(16)7-12(13)15(19)20/h2-7,9H,8,16H2,1H3. The summed E-state index contributed by atoms with van der Waals surface area (Å²) in [6.45, 7) is 0.327. The predicted molar refractivity (Wildman–Crippen MR) is 80.3 cm³/mol. The third-order valence-corrected chi connectivity index (χ3v) is 3.17. The second kappa shape index (κ2) is 5.24. The molecule has 2 heterocycles. The van der Waals surface area contributed by atoms with Crippen molar-refractivity contribution in [3.05, 3.63) is 58.8 Å². The minimum Gasteiger partial charge on any atom is -0.481 e. The van der Waals surface area contributed by atoms with Crippen molar-refractivity contribution in [3.8, 4) is 5.88 Å². The van der Waals surface area contributed by atoms with Crippen LogP contribution >= 0.6 is 0 Å². The van der Waals surface area contributed by atoms with Crippen LogP contribution < -0.4 is 16.0 Å². The lowest BCUT2D eigenvalue weighted by Gasteiger charge is -2.07. The molecule has 0 aliphatic rings. The van der Waals surface area contributed by atoms with E-state index in [1.807, 2.05) is 12.1 Å². The lowest BCUT2D eigenvalue weighted by molar-refractivity contribution is 0.396. The molecule has 0 amide bonds. The molecule has 21 heavy (non-hydrogen) atoms. The first-order valence-electron chi connectivity index (χ1n) is 6.42. The zero-order valence-electron chi connectivity index (χ0n) is 11.5. The Morgan fingerprint density at radius 3 is 2.95 bits per heavy atom. The number of anilines is 1. The molecular weight excluding hydrogens is 268 g/mol. The van der Waals surface area contributed by atoms with Crippen LogP contribution in [0.5, 0.6) is 5.88 Å². The third kappa shape index (κ3) is 2.55. The molecule has 0 saturated heterocycles. The Kier molecular flexibility index (Phi) is 3.27. The zero-order chi connectivity index (χ0) is 14.8. The van der Waals surface area contributed by atoms with Gasteiger partial charge in [-0.25, -0.2) is 9.97 Å². The second-order valence-corrected chi connectivity index (χ2v) is 4.63. The average Bonchev–Trinajstić information content (AvgIpc) is 2.51. The molecule has 0 atom stereocenters. The Balaban J connectivity index is 2.04. The van der Waals surface area contributed by atoms with Crippen LogP contribution in [-0.2, 0) is 6.54 Å². The van der Waals surface area contributed by atoms with Gasteiger partial charge in [-0.05, 0) is 24.3 Å². The molecule has 6 nitrogen and oxygen atoms in total. The van der Waals surface area contributed by atoms with Crippen molar-refractivity contribution in [2.75, 3.05) is 12.8 Å². The van der Waals surface area contributed by atoms with Crippen molar-refractivity contribution in [3.63, 3.8) is 0 Å². The van der Waals surface area contributed by atoms with Crippen LogP contribution in [0.2, 0.25) is 0 Å². The molecule has 0 spiro atoms. The number of aromatic nitrogens is 3. The van der Waals surface area contributed by atoms with Gasteiger partial charge in [0.25, 0.3) is 5.56 Å². The van der Waals surface area contributed by atoms with Crippen LogP contribution in [0.25, 0.3) is 10.9 Å². The topological polar surface area (TPSA) is 83.0 Å². The van der Waals surface area contributed by atoms with E-state index in [1.165, 1.54) is 10.9 Å². The maximum absolute atomic E-state index is 12.4. The molecular formula is C15H14N4O2. The van der Waals surface area contributed by atoms with Crippen molar-refractivity contribution >= 4 is 16.6 Å². The van der Waals surface area contributed by atoms with Crippen LogP contribution in [0, 0.1) is 0 Å². The SMILES string of the molecule is COc1cccc(Cn2cnc3ccc(N)cc3c2=O)n1. The van der Waals surface area contributed by atoms with Crippen molar-refractivity contribution in [1.82, 2.24) is 14.5 Å². The van der Waals surface area contributed by atoms with E-state index >= 15 is 0 Å². The van der Waals surface area contributed by atoms with E-state index in [1.54, 1.807) is 31.4 Å². The molecule has 0 unspecified atom stereocenters. The summed E-state index contributed by atoms with van der Waals surface area (Å²) < 4.78 is 6.58. The molecule has 3 aromatic rings. The predicted octanol–water partition coefficient (Wildman–Crippen LogP) is 1.43. The van der Waals surface area contributed by atoms with Crippen LogP contribution in [0.4, 0.5) is 5.69 Å². The molecule has 0 fully saturated rings. The van der Waals surface area contributed by atoms with Gasteiger partial charge in [-0.15, -0.1) is 0 Å². The summed E-state index contributed by atoms with van der Waals surface area (Å²) in [5.74, 6) is 0.513. The number of pyridine rings is 1. The molecule has 6 heteroatoms. The monoisotopic (exact) mass is 282 g/mol. The Morgan fingerprint density at radius 2 is 2.14 bits per heavy atom. The van der Waals surface area contributed by atoms with Crippen LogP contribution in [0.3, 0.4) is 0 Å². The van der Waals surface area contributed by atoms with Gasteiger partial charge in [-0.1, -0.05) is 6.07 Å².